The molecule has 0 N–H and O–H groups in total. The van der Waals surface area contributed by atoms with Gasteiger partial charge in [-0.2, -0.15) is 4.99 Å². The van der Waals surface area contributed by atoms with E-state index in [1.54, 1.807) is 24.3 Å². The molecule has 0 spiro atoms. The van der Waals surface area contributed by atoms with Gasteiger partial charge in [0.15, 0.2) is 0 Å². The Hall–Kier alpha value is -2.64. The summed E-state index contributed by atoms with van der Waals surface area (Å²) in [6.45, 7) is 2.05. The van der Waals surface area contributed by atoms with Crippen LogP contribution in [0.15, 0.2) is 53.5 Å². The summed E-state index contributed by atoms with van der Waals surface area (Å²) < 4.78 is 28.8. The van der Waals surface area contributed by atoms with E-state index in [4.69, 9.17) is 0 Å². The first-order chi connectivity index (χ1) is 12.6. The summed E-state index contributed by atoms with van der Waals surface area (Å²) in [5.41, 5.74) is 1.57. The highest BCUT2D eigenvalue weighted by atomic mass is 32.1. The van der Waals surface area contributed by atoms with E-state index in [9.17, 15) is 8.78 Å². The summed E-state index contributed by atoms with van der Waals surface area (Å²) in [6.07, 6.45) is 0.897. The number of aliphatic imine (C=N–C) groups is 1. The fourth-order valence-corrected chi connectivity index (χ4v) is 3.40. The lowest BCUT2D eigenvalue weighted by molar-refractivity contribution is 0.578. The fraction of sp³-hybridized carbons (Fsp3) is 0.0952. The third-order valence-electron chi connectivity index (χ3n) is 3.71. The van der Waals surface area contributed by atoms with Gasteiger partial charge in [0.2, 0.25) is 0 Å². The molecule has 3 aromatic rings. The molecule has 0 bridgehead atoms. The highest BCUT2D eigenvalue weighted by Crippen LogP contribution is 2.30. The first kappa shape index (κ1) is 18.2. The van der Waals surface area contributed by atoms with Gasteiger partial charge in [-0.05, 0) is 72.7 Å². The normalized spacial score (nSPS) is 9.96. The monoisotopic (exact) mass is 381 g/mol. The first-order valence-corrected chi connectivity index (χ1v) is 9.11. The van der Waals surface area contributed by atoms with Crippen molar-refractivity contribution in [3.8, 4) is 22.3 Å². The van der Waals surface area contributed by atoms with Crippen molar-refractivity contribution in [1.29, 1.82) is 0 Å². The molecule has 0 saturated heterocycles. The van der Waals surface area contributed by atoms with Gasteiger partial charge in [0.05, 0.1) is 16.4 Å². The topological polar surface area (TPSA) is 12.4 Å². The molecule has 3 rings (SSSR count). The second-order valence-corrected chi connectivity index (χ2v) is 6.79. The van der Waals surface area contributed by atoms with Gasteiger partial charge in [0.1, 0.15) is 11.6 Å². The summed E-state index contributed by atoms with van der Waals surface area (Å²) in [7, 11) is 0. The van der Waals surface area contributed by atoms with Crippen molar-refractivity contribution in [3.63, 3.8) is 0 Å². The molecule has 0 fully saturated rings. The third-order valence-corrected chi connectivity index (χ3v) is 5.08. The zero-order valence-corrected chi connectivity index (χ0v) is 15.5. The number of thiocarbonyl (C=S) groups is 1. The predicted octanol–water partition coefficient (Wildman–Crippen LogP) is 6.39. The van der Waals surface area contributed by atoms with E-state index < -0.39 is 11.6 Å². The number of isothiocyanates is 1. The molecular weight excluding hydrogens is 368 g/mol. The van der Waals surface area contributed by atoms with Crippen LogP contribution in [0, 0.1) is 23.5 Å². The summed E-state index contributed by atoms with van der Waals surface area (Å²) >= 11 is 6.07. The Bertz CT molecular complexity index is 1030. The molecule has 1 aromatic heterocycles. The third kappa shape index (κ3) is 4.12. The molecule has 1 nitrogen and oxygen atoms in total. The van der Waals surface area contributed by atoms with Crippen molar-refractivity contribution in [2.24, 2.45) is 4.99 Å². The highest BCUT2D eigenvalue weighted by molar-refractivity contribution is 7.78. The lowest BCUT2D eigenvalue weighted by Gasteiger charge is -2.02. The number of hydrogen-bond donors (Lipinski definition) is 0. The second kappa shape index (κ2) is 8.16. The minimum atomic E-state index is -0.666. The van der Waals surface area contributed by atoms with Crippen LogP contribution < -0.4 is 0 Å². The molecule has 0 aliphatic heterocycles. The minimum absolute atomic E-state index is 0.234. The lowest BCUT2D eigenvalue weighted by atomic mass is 10.1. The van der Waals surface area contributed by atoms with Crippen molar-refractivity contribution >= 4 is 34.4 Å². The van der Waals surface area contributed by atoms with Crippen LogP contribution in [0.2, 0.25) is 0 Å². The summed E-state index contributed by atoms with van der Waals surface area (Å²) in [4.78, 5) is 5.85. The number of rotatable bonds is 3. The van der Waals surface area contributed by atoms with E-state index in [-0.39, 0.29) is 5.56 Å². The van der Waals surface area contributed by atoms with E-state index in [0.29, 0.717) is 16.8 Å². The molecule has 2 aromatic carbocycles. The number of halogens is 2. The van der Waals surface area contributed by atoms with Crippen LogP contribution in [0.3, 0.4) is 0 Å². The molecule has 0 aliphatic carbocycles. The van der Waals surface area contributed by atoms with E-state index in [0.717, 1.165) is 11.3 Å². The number of benzene rings is 2. The van der Waals surface area contributed by atoms with Crippen LogP contribution in [-0.2, 0) is 6.42 Å². The van der Waals surface area contributed by atoms with Gasteiger partial charge in [-0.1, -0.05) is 18.8 Å². The second-order valence-electron chi connectivity index (χ2n) is 5.43. The Morgan fingerprint density at radius 3 is 2.27 bits per heavy atom. The van der Waals surface area contributed by atoms with E-state index >= 15 is 0 Å². The van der Waals surface area contributed by atoms with Gasteiger partial charge >= 0.3 is 0 Å². The molecule has 128 valence electrons. The largest absolute Gasteiger partial charge is 0.205 e. The van der Waals surface area contributed by atoms with Gasteiger partial charge in [-0.3, -0.25) is 0 Å². The van der Waals surface area contributed by atoms with Gasteiger partial charge in [0, 0.05) is 15.3 Å². The minimum Gasteiger partial charge on any atom is -0.205 e. The quantitative estimate of drug-likeness (QED) is 0.291. The van der Waals surface area contributed by atoms with Crippen molar-refractivity contribution in [2.45, 2.75) is 13.3 Å². The van der Waals surface area contributed by atoms with Gasteiger partial charge < -0.3 is 0 Å². The van der Waals surface area contributed by atoms with Crippen LogP contribution in [0.5, 0.6) is 0 Å². The first-order valence-electron chi connectivity index (χ1n) is 7.88. The zero-order valence-electron chi connectivity index (χ0n) is 13.8. The van der Waals surface area contributed by atoms with Crippen LogP contribution in [0.4, 0.5) is 14.5 Å². The maximum absolute atomic E-state index is 14.4. The molecule has 0 saturated carbocycles. The van der Waals surface area contributed by atoms with Crippen LogP contribution >= 0.6 is 23.6 Å². The average Bonchev–Trinajstić information content (AvgIpc) is 3.12. The fourth-order valence-electron chi connectivity index (χ4n) is 2.36. The zero-order chi connectivity index (χ0) is 18.5. The SMILES string of the molecule is CCc1ccc(-c2cc(F)c(C#Cc3ccc(N=C=S)cc3)c(F)c2)s1. The molecule has 26 heavy (non-hydrogen) atoms. The van der Waals surface area contributed by atoms with Crippen molar-refractivity contribution < 1.29 is 8.78 Å². The van der Waals surface area contributed by atoms with Crippen LogP contribution in [0.25, 0.3) is 10.4 Å². The molecule has 0 aliphatic rings. The van der Waals surface area contributed by atoms with E-state index in [2.05, 4.69) is 34.2 Å². The molecule has 0 radical (unpaired) electrons. The maximum atomic E-state index is 14.4. The van der Waals surface area contributed by atoms with Crippen molar-refractivity contribution in [3.05, 3.63) is 76.2 Å². The van der Waals surface area contributed by atoms with Gasteiger partial charge in [0.25, 0.3) is 0 Å². The van der Waals surface area contributed by atoms with Gasteiger partial charge in [-0.15, -0.1) is 11.3 Å². The molecule has 1 heterocycles. The molecule has 0 unspecified atom stereocenters. The Kier molecular flexibility index (Phi) is 5.70. The Morgan fingerprint density at radius 2 is 1.69 bits per heavy atom. The highest BCUT2D eigenvalue weighted by Gasteiger charge is 2.12. The van der Waals surface area contributed by atoms with Gasteiger partial charge in [-0.25, -0.2) is 8.78 Å². The summed E-state index contributed by atoms with van der Waals surface area (Å²) in [6, 6.07) is 13.4. The smallest absolute Gasteiger partial charge is 0.142 e. The van der Waals surface area contributed by atoms with Crippen molar-refractivity contribution in [2.75, 3.05) is 0 Å². The van der Waals surface area contributed by atoms with E-state index in [1.807, 2.05) is 19.1 Å². The number of aryl methyl sites for hydroxylation is 1. The standard InChI is InChI=1S/C21H13F2NS2/c1-2-17-8-10-21(26-17)15-11-19(22)18(20(23)12-15)9-5-14-3-6-16(7-4-14)24-13-25/h3-4,6-8,10-12H,2H2,1H3. The molecule has 0 amide bonds. The van der Waals surface area contributed by atoms with Crippen molar-refractivity contribution in [1.82, 2.24) is 0 Å². The number of hydrogen-bond acceptors (Lipinski definition) is 3. The maximum Gasteiger partial charge on any atom is 0.142 e. The van der Waals surface area contributed by atoms with E-state index in [1.165, 1.54) is 28.3 Å². The summed E-state index contributed by atoms with van der Waals surface area (Å²) in [5.74, 6) is 4.02. The average molecular weight is 381 g/mol. The molecular formula is C21H13F2NS2. The Labute approximate surface area is 160 Å². The van der Waals surface area contributed by atoms with Crippen LogP contribution in [-0.4, -0.2) is 5.16 Å². The molecule has 5 heteroatoms. The van der Waals surface area contributed by atoms with Crippen LogP contribution in [0.1, 0.15) is 22.9 Å². The number of nitrogens with zero attached hydrogens (tertiary/aromatic N) is 1. The Balaban J connectivity index is 1.91. The summed E-state index contributed by atoms with van der Waals surface area (Å²) in [5, 5.41) is 2.27. The predicted molar refractivity (Wildman–Crippen MR) is 106 cm³/mol. The lowest BCUT2D eigenvalue weighted by Crippen LogP contribution is -1.91. The molecule has 0 atom stereocenters. The Morgan fingerprint density at radius 1 is 1.00 bits per heavy atom. The number of thiophene rings is 1.